The molecule has 0 heterocycles. The van der Waals surface area contributed by atoms with E-state index in [0.717, 1.165) is 23.2 Å². The van der Waals surface area contributed by atoms with E-state index in [2.05, 4.69) is 0 Å². The summed E-state index contributed by atoms with van der Waals surface area (Å²) in [6, 6.07) is 0. The Morgan fingerprint density at radius 2 is 1.47 bits per heavy atom. The summed E-state index contributed by atoms with van der Waals surface area (Å²) in [5.41, 5.74) is 0.883. The Morgan fingerprint density at radius 1 is 0.733 bits per heavy atom. The Bertz CT molecular complexity index is 251. The van der Waals surface area contributed by atoms with Crippen LogP contribution in [0, 0.1) is 29.1 Å². The highest BCUT2D eigenvalue weighted by molar-refractivity contribution is 5.04. The van der Waals surface area contributed by atoms with Gasteiger partial charge in [-0.3, -0.25) is 0 Å². The highest BCUT2D eigenvalue weighted by atomic mass is 14.6. The fourth-order valence-electron chi connectivity index (χ4n) is 5.89. The van der Waals surface area contributed by atoms with Crippen LogP contribution >= 0.6 is 0 Å². The van der Waals surface area contributed by atoms with Crippen LogP contribution in [0.5, 0.6) is 0 Å². The Labute approximate surface area is 93.8 Å². The second kappa shape index (κ2) is 3.02. The number of fused-ring (bicyclic) bond motifs is 6. The molecule has 0 heteroatoms. The van der Waals surface area contributed by atoms with Gasteiger partial charge in [0, 0.05) is 0 Å². The molecule has 0 spiro atoms. The number of hydrogen-bond acceptors (Lipinski definition) is 0. The van der Waals surface area contributed by atoms with Gasteiger partial charge < -0.3 is 0 Å². The molecule has 0 saturated heterocycles. The molecule has 5 aliphatic rings. The van der Waals surface area contributed by atoms with Gasteiger partial charge >= 0.3 is 0 Å². The lowest BCUT2D eigenvalue weighted by Gasteiger charge is -2.50. The number of rotatable bonds is 1. The summed E-state index contributed by atoms with van der Waals surface area (Å²) in [5.74, 6) is 4.64. The van der Waals surface area contributed by atoms with E-state index in [-0.39, 0.29) is 0 Å². The molecule has 0 aromatic carbocycles. The summed E-state index contributed by atoms with van der Waals surface area (Å²) in [6.45, 7) is 0. The highest BCUT2D eigenvalue weighted by Gasteiger charge is 2.53. The molecular weight excluding hydrogens is 180 g/mol. The minimum absolute atomic E-state index is 0.883. The molecule has 0 nitrogen and oxygen atoms in total. The number of hydrogen-bond donors (Lipinski definition) is 0. The van der Waals surface area contributed by atoms with Gasteiger partial charge in [0.25, 0.3) is 0 Å². The zero-order chi connectivity index (χ0) is 9.88. The molecule has 0 radical (unpaired) electrons. The molecule has 5 rings (SSSR count). The maximum Gasteiger partial charge on any atom is -0.0264 e. The van der Waals surface area contributed by atoms with Crippen LogP contribution in [0.2, 0.25) is 0 Å². The van der Waals surface area contributed by atoms with Crippen molar-refractivity contribution >= 4 is 0 Å². The summed E-state index contributed by atoms with van der Waals surface area (Å²) in [5, 5.41) is 0. The van der Waals surface area contributed by atoms with Crippen LogP contribution < -0.4 is 0 Å². The zero-order valence-electron chi connectivity index (χ0n) is 9.88. The largest absolute Gasteiger partial charge is 0.0502 e. The van der Waals surface area contributed by atoms with Crippen LogP contribution in [0.3, 0.4) is 0 Å². The van der Waals surface area contributed by atoms with Crippen molar-refractivity contribution in [1.29, 1.82) is 0 Å². The van der Waals surface area contributed by atoms with Crippen LogP contribution in [0.25, 0.3) is 0 Å². The van der Waals surface area contributed by atoms with Gasteiger partial charge in [-0.05, 0) is 80.5 Å². The molecule has 0 N–H and O–H groups in total. The van der Waals surface area contributed by atoms with Crippen LogP contribution in [0.1, 0.15) is 64.2 Å². The van der Waals surface area contributed by atoms with Gasteiger partial charge in [0.05, 0.1) is 0 Å². The van der Waals surface area contributed by atoms with Crippen molar-refractivity contribution in [2.24, 2.45) is 29.1 Å². The summed E-state index contributed by atoms with van der Waals surface area (Å²) >= 11 is 0. The molecule has 5 fully saturated rings. The van der Waals surface area contributed by atoms with E-state index in [0.29, 0.717) is 0 Å². The average Bonchev–Trinajstić information content (AvgIpc) is 2.92. The first-order valence-electron chi connectivity index (χ1n) is 7.36. The maximum absolute atomic E-state index is 1.64. The fourth-order valence-corrected chi connectivity index (χ4v) is 5.89. The van der Waals surface area contributed by atoms with E-state index in [4.69, 9.17) is 0 Å². The van der Waals surface area contributed by atoms with Crippen LogP contribution in [-0.4, -0.2) is 0 Å². The van der Waals surface area contributed by atoms with Gasteiger partial charge in [0.15, 0.2) is 0 Å². The molecule has 4 bridgehead atoms. The molecular formula is C15H24. The molecule has 0 aromatic heterocycles. The van der Waals surface area contributed by atoms with E-state index >= 15 is 0 Å². The fraction of sp³-hybridized carbons (Fsp3) is 1.00. The Morgan fingerprint density at radius 3 is 1.93 bits per heavy atom. The SMILES string of the molecule is C1CC2CCC1CC2C12CCC(CC1)C2. The Kier molecular flexibility index (Phi) is 1.83. The second-order valence-corrected chi connectivity index (χ2v) is 7.13. The summed E-state index contributed by atoms with van der Waals surface area (Å²) in [4.78, 5) is 0. The molecule has 0 aromatic rings. The molecule has 5 saturated carbocycles. The van der Waals surface area contributed by atoms with E-state index in [1.165, 1.54) is 5.92 Å². The van der Waals surface area contributed by atoms with Crippen molar-refractivity contribution in [2.45, 2.75) is 64.2 Å². The standard InChI is InChI=1S/C15H24/c1-3-13-4-2-11(1)9-14(13)15-7-5-12(10-15)6-8-15/h11-14H,1-10H2. The van der Waals surface area contributed by atoms with E-state index < -0.39 is 0 Å². The van der Waals surface area contributed by atoms with E-state index in [9.17, 15) is 0 Å². The third kappa shape index (κ3) is 1.20. The quantitative estimate of drug-likeness (QED) is 0.594. The first-order valence-corrected chi connectivity index (χ1v) is 7.36. The van der Waals surface area contributed by atoms with Gasteiger partial charge in [-0.2, -0.15) is 0 Å². The Hall–Kier alpha value is 0. The Balaban J connectivity index is 1.62. The minimum atomic E-state index is 0.883. The van der Waals surface area contributed by atoms with Crippen molar-refractivity contribution in [3.63, 3.8) is 0 Å². The van der Waals surface area contributed by atoms with Gasteiger partial charge in [-0.15, -0.1) is 0 Å². The minimum Gasteiger partial charge on any atom is -0.0502 e. The van der Waals surface area contributed by atoms with E-state index in [1.54, 1.807) is 64.2 Å². The predicted octanol–water partition coefficient (Wildman–Crippen LogP) is 4.39. The van der Waals surface area contributed by atoms with Crippen LogP contribution in [0.15, 0.2) is 0 Å². The highest BCUT2D eigenvalue weighted by Crippen LogP contribution is 2.64. The molecule has 84 valence electrons. The van der Waals surface area contributed by atoms with Gasteiger partial charge in [-0.1, -0.05) is 12.8 Å². The zero-order valence-corrected chi connectivity index (χ0v) is 9.88. The molecule has 0 aliphatic heterocycles. The topological polar surface area (TPSA) is 0 Å². The summed E-state index contributed by atoms with van der Waals surface area (Å²) in [6.07, 6.45) is 16.1. The lowest BCUT2D eigenvalue weighted by atomic mass is 9.55. The van der Waals surface area contributed by atoms with Crippen molar-refractivity contribution in [2.75, 3.05) is 0 Å². The van der Waals surface area contributed by atoms with Crippen molar-refractivity contribution in [3.8, 4) is 0 Å². The molecule has 1 unspecified atom stereocenters. The maximum atomic E-state index is 1.64. The monoisotopic (exact) mass is 204 g/mol. The van der Waals surface area contributed by atoms with Crippen molar-refractivity contribution in [3.05, 3.63) is 0 Å². The van der Waals surface area contributed by atoms with Crippen LogP contribution in [-0.2, 0) is 0 Å². The van der Waals surface area contributed by atoms with Crippen LogP contribution in [0.4, 0.5) is 0 Å². The summed E-state index contributed by atoms with van der Waals surface area (Å²) < 4.78 is 0. The third-order valence-electron chi connectivity index (χ3n) is 6.63. The first kappa shape index (κ1) is 9.07. The normalized spacial score (nSPS) is 57.6. The third-order valence-corrected chi connectivity index (χ3v) is 6.63. The molecule has 5 aliphatic carbocycles. The summed E-state index contributed by atoms with van der Waals surface area (Å²) in [7, 11) is 0. The molecule has 0 amide bonds. The predicted molar refractivity (Wildman–Crippen MR) is 62.6 cm³/mol. The smallest absolute Gasteiger partial charge is 0.0264 e. The molecule has 1 atom stereocenters. The molecule has 15 heavy (non-hydrogen) atoms. The second-order valence-electron chi connectivity index (χ2n) is 7.13. The van der Waals surface area contributed by atoms with Gasteiger partial charge in [0.2, 0.25) is 0 Å². The van der Waals surface area contributed by atoms with Crippen molar-refractivity contribution in [1.82, 2.24) is 0 Å². The van der Waals surface area contributed by atoms with E-state index in [1.807, 2.05) is 0 Å². The first-order chi connectivity index (χ1) is 7.36. The lowest BCUT2D eigenvalue weighted by molar-refractivity contribution is 0.00115. The lowest BCUT2D eigenvalue weighted by Crippen LogP contribution is -2.40. The van der Waals surface area contributed by atoms with Gasteiger partial charge in [0.1, 0.15) is 0 Å². The van der Waals surface area contributed by atoms with Crippen molar-refractivity contribution < 1.29 is 0 Å². The average molecular weight is 204 g/mol. The van der Waals surface area contributed by atoms with Gasteiger partial charge in [-0.25, -0.2) is 0 Å².